The van der Waals surface area contributed by atoms with Crippen molar-refractivity contribution >= 4 is 23.5 Å². The largest absolute Gasteiger partial charge is 0.354 e. The van der Waals surface area contributed by atoms with Crippen molar-refractivity contribution in [1.29, 1.82) is 0 Å². The number of nitrogens with one attached hydrogen (secondary N) is 2. The summed E-state index contributed by atoms with van der Waals surface area (Å²) >= 11 is 0. The van der Waals surface area contributed by atoms with Crippen molar-refractivity contribution in [3.05, 3.63) is 36.0 Å². The van der Waals surface area contributed by atoms with E-state index in [4.69, 9.17) is 0 Å². The first kappa shape index (κ1) is 16.5. The fourth-order valence-corrected chi connectivity index (χ4v) is 3.43. The van der Waals surface area contributed by atoms with E-state index in [1.54, 1.807) is 6.20 Å². The molecule has 2 aromatic rings. The minimum absolute atomic E-state index is 0.0595. The molecule has 1 aromatic carbocycles. The first-order valence-electron chi connectivity index (χ1n) is 8.97. The molecule has 2 N–H and O–H groups in total. The number of hydrogen-bond acceptors (Lipinski definition) is 5. The van der Waals surface area contributed by atoms with Gasteiger partial charge in [0.25, 0.3) is 0 Å². The highest BCUT2D eigenvalue weighted by atomic mass is 16.2. The number of carbonyl (C=O) groups is 2. The Balaban J connectivity index is 1.46. The summed E-state index contributed by atoms with van der Waals surface area (Å²) in [6.07, 6.45) is 4.47. The summed E-state index contributed by atoms with van der Waals surface area (Å²) in [5.41, 5.74) is 3.28. The van der Waals surface area contributed by atoms with Gasteiger partial charge in [0.1, 0.15) is 0 Å². The number of para-hydroxylation sites is 1. The van der Waals surface area contributed by atoms with Gasteiger partial charge in [0, 0.05) is 43.4 Å². The van der Waals surface area contributed by atoms with E-state index in [9.17, 15) is 9.59 Å². The third-order valence-corrected chi connectivity index (χ3v) is 4.73. The van der Waals surface area contributed by atoms with E-state index in [1.165, 1.54) is 0 Å². The van der Waals surface area contributed by atoms with Gasteiger partial charge in [-0.25, -0.2) is 9.97 Å². The molecular formula is C19H21N5O2. The van der Waals surface area contributed by atoms with Crippen LogP contribution in [0, 0.1) is 0 Å². The number of benzene rings is 1. The maximum absolute atomic E-state index is 12.0. The number of fused-ring (bicyclic) bond motifs is 3. The maximum atomic E-state index is 12.0. The standard InChI is InChI=1S/C19H21N5O2/c25-16-11-13-12-21-19(20-8-4-10-24-9-3-7-17(24)26)23-18(13)14-5-1-2-6-15(14)22-16/h1-2,5-6,12H,3-4,7-11H2,(H,22,25)(H,20,21,23). The van der Waals surface area contributed by atoms with Crippen molar-refractivity contribution in [1.82, 2.24) is 14.9 Å². The van der Waals surface area contributed by atoms with Gasteiger partial charge in [-0.1, -0.05) is 18.2 Å². The molecule has 26 heavy (non-hydrogen) atoms. The summed E-state index contributed by atoms with van der Waals surface area (Å²) in [7, 11) is 0. The average Bonchev–Trinajstić information content (AvgIpc) is 2.98. The molecule has 2 aliphatic rings. The first-order valence-corrected chi connectivity index (χ1v) is 8.97. The average molecular weight is 351 g/mol. The van der Waals surface area contributed by atoms with E-state index in [2.05, 4.69) is 20.6 Å². The van der Waals surface area contributed by atoms with E-state index in [1.807, 2.05) is 29.2 Å². The SMILES string of the molecule is O=C1Cc2cnc(NCCCN3CCCC3=O)nc2-c2ccccc2N1. The van der Waals surface area contributed by atoms with Crippen LogP contribution >= 0.6 is 0 Å². The maximum Gasteiger partial charge on any atom is 0.228 e. The van der Waals surface area contributed by atoms with Crippen molar-refractivity contribution < 1.29 is 9.59 Å². The summed E-state index contributed by atoms with van der Waals surface area (Å²) in [4.78, 5) is 34.6. The second-order valence-electron chi connectivity index (χ2n) is 6.60. The Morgan fingerprint density at radius 2 is 2.12 bits per heavy atom. The van der Waals surface area contributed by atoms with Crippen LogP contribution in [0.3, 0.4) is 0 Å². The van der Waals surface area contributed by atoms with Gasteiger partial charge in [-0.3, -0.25) is 9.59 Å². The van der Waals surface area contributed by atoms with Gasteiger partial charge >= 0.3 is 0 Å². The van der Waals surface area contributed by atoms with E-state index in [0.717, 1.165) is 48.4 Å². The number of likely N-dealkylation sites (tertiary alicyclic amines) is 1. The van der Waals surface area contributed by atoms with Crippen LogP contribution in [0.1, 0.15) is 24.8 Å². The van der Waals surface area contributed by atoms with E-state index < -0.39 is 0 Å². The highest BCUT2D eigenvalue weighted by Gasteiger charge is 2.21. The highest BCUT2D eigenvalue weighted by Crippen LogP contribution is 2.32. The summed E-state index contributed by atoms with van der Waals surface area (Å²) in [6.45, 7) is 2.32. The third kappa shape index (κ3) is 3.37. The van der Waals surface area contributed by atoms with Crippen LogP contribution < -0.4 is 10.6 Å². The number of rotatable bonds is 5. The Labute approximate surface area is 151 Å². The van der Waals surface area contributed by atoms with Crippen LogP contribution in [0.5, 0.6) is 0 Å². The van der Waals surface area contributed by atoms with Gasteiger partial charge in [-0.05, 0) is 18.9 Å². The van der Waals surface area contributed by atoms with E-state index in [0.29, 0.717) is 18.9 Å². The molecule has 2 aliphatic heterocycles. The lowest BCUT2D eigenvalue weighted by molar-refractivity contribution is -0.127. The normalized spacial score (nSPS) is 15.9. The zero-order valence-corrected chi connectivity index (χ0v) is 14.5. The molecule has 134 valence electrons. The number of nitrogens with zero attached hydrogens (tertiary/aromatic N) is 3. The number of anilines is 2. The molecule has 0 radical (unpaired) electrons. The summed E-state index contributed by atoms with van der Waals surface area (Å²) in [5.74, 6) is 0.733. The molecule has 0 spiro atoms. The summed E-state index contributed by atoms with van der Waals surface area (Å²) < 4.78 is 0. The number of carbonyl (C=O) groups excluding carboxylic acids is 2. The minimum Gasteiger partial charge on any atom is -0.354 e. The van der Waals surface area contributed by atoms with Crippen LogP contribution in [-0.2, 0) is 16.0 Å². The van der Waals surface area contributed by atoms with Crippen LogP contribution in [-0.4, -0.2) is 46.3 Å². The highest BCUT2D eigenvalue weighted by molar-refractivity contribution is 5.99. The second kappa shape index (κ2) is 7.11. The molecule has 2 amide bonds. The van der Waals surface area contributed by atoms with Gasteiger partial charge in [-0.15, -0.1) is 0 Å². The predicted octanol–water partition coefficient (Wildman–Crippen LogP) is 2.06. The minimum atomic E-state index is -0.0595. The monoisotopic (exact) mass is 351 g/mol. The topological polar surface area (TPSA) is 87.2 Å². The quantitative estimate of drug-likeness (QED) is 0.805. The Morgan fingerprint density at radius 1 is 1.23 bits per heavy atom. The fraction of sp³-hybridized carbons (Fsp3) is 0.368. The summed E-state index contributed by atoms with van der Waals surface area (Å²) in [5, 5.41) is 6.14. The number of hydrogen-bond donors (Lipinski definition) is 2. The molecule has 1 aromatic heterocycles. The van der Waals surface area contributed by atoms with Gasteiger partial charge in [0.2, 0.25) is 17.8 Å². The molecule has 3 heterocycles. The number of aromatic nitrogens is 2. The van der Waals surface area contributed by atoms with Crippen molar-refractivity contribution in [3.8, 4) is 11.3 Å². The Morgan fingerprint density at radius 3 is 2.96 bits per heavy atom. The molecule has 0 unspecified atom stereocenters. The van der Waals surface area contributed by atoms with Gasteiger partial charge in [0.15, 0.2) is 0 Å². The van der Waals surface area contributed by atoms with Crippen molar-refractivity contribution in [2.45, 2.75) is 25.7 Å². The summed E-state index contributed by atoms with van der Waals surface area (Å²) in [6, 6.07) is 7.66. The molecule has 7 nitrogen and oxygen atoms in total. The van der Waals surface area contributed by atoms with Crippen molar-refractivity contribution in [2.24, 2.45) is 0 Å². The molecule has 1 saturated heterocycles. The molecule has 4 rings (SSSR count). The Hall–Kier alpha value is -2.96. The molecule has 7 heteroatoms. The van der Waals surface area contributed by atoms with E-state index in [-0.39, 0.29) is 18.2 Å². The fourth-order valence-electron chi connectivity index (χ4n) is 3.43. The molecule has 0 saturated carbocycles. The second-order valence-corrected chi connectivity index (χ2v) is 6.60. The Kier molecular flexibility index (Phi) is 4.51. The van der Waals surface area contributed by atoms with Crippen LogP contribution in [0.2, 0.25) is 0 Å². The lowest BCUT2D eigenvalue weighted by Crippen LogP contribution is -2.27. The van der Waals surface area contributed by atoms with Crippen LogP contribution in [0.4, 0.5) is 11.6 Å². The molecule has 0 aliphatic carbocycles. The molecule has 0 atom stereocenters. The van der Waals surface area contributed by atoms with Gasteiger partial charge in [-0.2, -0.15) is 0 Å². The lowest BCUT2D eigenvalue weighted by atomic mass is 10.1. The zero-order chi connectivity index (χ0) is 17.9. The first-order chi connectivity index (χ1) is 12.7. The van der Waals surface area contributed by atoms with Crippen molar-refractivity contribution in [2.75, 3.05) is 30.3 Å². The van der Waals surface area contributed by atoms with Crippen LogP contribution in [0.15, 0.2) is 30.5 Å². The van der Waals surface area contributed by atoms with Gasteiger partial charge < -0.3 is 15.5 Å². The molecular weight excluding hydrogens is 330 g/mol. The third-order valence-electron chi connectivity index (χ3n) is 4.73. The van der Waals surface area contributed by atoms with E-state index >= 15 is 0 Å². The molecule has 0 bridgehead atoms. The zero-order valence-electron chi connectivity index (χ0n) is 14.5. The number of amides is 2. The Bertz CT molecular complexity index is 852. The molecule has 1 fully saturated rings. The predicted molar refractivity (Wildman–Crippen MR) is 98.7 cm³/mol. The lowest BCUT2D eigenvalue weighted by Gasteiger charge is -2.15. The smallest absolute Gasteiger partial charge is 0.228 e. The van der Waals surface area contributed by atoms with Crippen LogP contribution in [0.25, 0.3) is 11.3 Å². The van der Waals surface area contributed by atoms with Gasteiger partial charge in [0.05, 0.1) is 17.8 Å². The van der Waals surface area contributed by atoms with Crippen molar-refractivity contribution in [3.63, 3.8) is 0 Å².